The average molecular weight is 391 g/mol. The molecule has 29 heavy (non-hydrogen) atoms. The highest BCUT2D eigenvalue weighted by Gasteiger charge is 2.22. The first kappa shape index (κ1) is 19.0. The van der Waals surface area contributed by atoms with Crippen LogP contribution in [0.5, 0.6) is 0 Å². The van der Waals surface area contributed by atoms with Gasteiger partial charge in [-0.25, -0.2) is 9.37 Å². The highest BCUT2D eigenvalue weighted by molar-refractivity contribution is 6.05. The van der Waals surface area contributed by atoms with E-state index in [9.17, 15) is 9.18 Å². The van der Waals surface area contributed by atoms with Crippen LogP contribution >= 0.6 is 0 Å². The van der Waals surface area contributed by atoms with Crippen molar-refractivity contribution < 1.29 is 9.18 Å². The van der Waals surface area contributed by atoms with E-state index in [1.807, 2.05) is 36.4 Å². The Morgan fingerprint density at radius 3 is 2.79 bits per heavy atom. The second-order valence-corrected chi connectivity index (χ2v) is 7.09. The molecule has 1 aromatic carbocycles. The fraction of sp³-hybridized carbons (Fsp3) is 0.227. The van der Waals surface area contributed by atoms with Gasteiger partial charge in [0.05, 0.1) is 23.3 Å². The van der Waals surface area contributed by atoms with E-state index in [1.54, 1.807) is 18.5 Å². The number of pyridine rings is 2. The molecule has 1 saturated heterocycles. The number of hydrogen-bond donors (Lipinski definition) is 2. The first-order valence-electron chi connectivity index (χ1n) is 9.59. The molecule has 0 bridgehead atoms. The smallest absolute Gasteiger partial charge is 0.277 e. The van der Waals surface area contributed by atoms with Crippen LogP contribution in [0.15, 0.2) is 60.9 Å². The molecule has 0 saturated carbocycles. The van der Waals surface area contributed by atoms with Crippen molar-refractivity contribution >= 4 is 17.3 Å². The predicted molar refractivity (Wildman–Crippen MR) is 111 cm³/mol. The summed E-state index contributed by atoms with van der Waals surface area (Å²) < 4.78 is 14.4. The topological polar surface area (TPSA) is 84.1 Å². The Kier molecular flexibility index (Phi) is 5.48. The molecule has 1 atom stereocenters. The monoisotopic (exact) mass is 391 g/mol. The van der Waals surface area contributed by atoms with E-state index >= 15 is 0 Å². The summed E-state index contributed by atoms with van der Waals surface area (Å²) in [5.41, 5.74) is 8.52. The van der Waals surface area contributed by atoms with Crippen LogP contribution < -0.4 is 16.0 Å². The van der Waals surface area contributed by atoms with Crippen molar-refractivity contribution in [1.82, 2.24) is 9.97 Å². The minimum Gasteiger partial charge on any atom is -0.368 e. The number of hydrogen-bond acceptors (Lipinski definition) is 5. The largest absolute Gasteiger partial charge is 0.368 e. The molecule has 3 N–H and O–H groups in total. The standard InChI is InChI=1S/C22H22FN5O/c23-17-8-9-18(15-5-2-1-3-6-15)26-21(17)22(29)27-19-13-25-11-10-20(19)28-12-4-7-16(24)14-28/h1-3,5-6,8-11,13,16H,4,7,12,14,24H2,(H,27,29)/t16-/m0/s1. The molecule has 0 aliphatic carbocycles. The third-order valence-corrected chi connectivity index (χ3v) is 4.98. The third kappa shape index (κ3) is 4.25. The second kappa shape index (κ2) is 8.36. The fourth-order valence-corrected chi connectivity index (χ4v) is 3.54. The Labute approximate surface area is 168 Å². The molecule has 4 rings (SSSR count). The molecule has 1 aliphatic rings. The van der Waals surface area contributed by atoms with Crippen molar-refractivity contribution in [3.8, 4) is 11.3 Å². The van der Waals surface area contributed by atoms with Gasteiger partial charge in [0.15, 0.2) is 11.5 Å². The van der Waals surface area contributed by atoms with E-state index in [4.69, 9.17) is 5.73 Å². The number of nitrogens with two attached hydrogens (primary N) is 1. The average Bonchev–Trinajstić information content (AvgIpc) is 2.75. The van der Waals surface area contributed by atoms with Gasteiger partial charge in [0.2, 0.25) is 0 Å². The van der Waals surface area contributed by atoms with E-state index in [1.165, 1.54) is 6.07 Å². The van der Waals surface area contributed by atoms with Crippen molar-refractivity contribution in [1.29, 1.82) is 0 Å². The maximum Gasteiger partial charge on any atom is 0.277 e. The summed E-state index contributed by atoms with van der Waals surface area (Å²) in [6.45, 7) is 1.54. The number of anilines is 2. The van der Waals surface area contributed by atoms with Gasteiger partial charge in [-0.3, -0.25) is 9.78 Å². The Morgan fingerprint density at radius 2 is 2.00 bits per heavy atom. The van der Waals surface area contributed by atoms with Gasteiger partial charge in [0.25, 0.3) is 5.91 Å². The van der Waals surface area contributed by atoms with Gasteiger partial charge in [-0.15, -0.1) is 0 Å². The molecule has 148 valence electrons. The quantitative estimate of drug-likeness (QED) is 0.712. The lowest BCUT2D eigenvalue weighted by Gasteiger charge is -2.33. The van der Waals surface area contributed by atoms with Crippen molar-refractivity contribution in [2.75, 3.05) is 23.3 Å². The van der Waals surface area contributed by atoms with E-state index in [-0.39, 0.29) is 11.7 Å². The molecule has 0 unspecified atom stereocenters. The van der Waals surface area contributed by atoms with Crippen LogP contribution in [0.4, 0.5) is 15.8 Å². The second-order valence-electron chi connectivity index (χ2n) is 7.09. The molecule has 3 aromatic rings. The summed E-state index contributed by atoms with van der Waals surface area (Å²) in [5, 5.41) is 2.77. The van der Waals surface area contributed by atoms with Crippen molar-refractivity contribution in [3.05, 3.63) is 72.4 Å². The number of halogens is 1. The summed E-state index contributed by atoms with van der Waals surface area (Å²) in [6, 6.07) is 14.1. The number of nitrogens with one attached hydrogen (secondary N) is 1. The van der Waals surface area contributed by atoms with Crippen molar-refractivity contribution in [2.24, 2.45) is 5.73 Å². The Bertz CT molecular complexity index is 1010. The maximum atomic E-state index is 14.4. The van der Waals surface area contributed by atoms with E-state index < -0.39 is 11.7 Å². The first-order valence-corrected chi connectivity index (χ1v) is 9.59. The number of piperidine rings is 1. The highest BCUT2D eigenvalue weighted by Crippen LogP contribution is 2.28. The van der Waals surface area contributed by atoms with Crippen LogP contribution in [0.1, 0.15) is 23.3 Å². The maximum absolute atomic E-state index is 14.4. The number of rotatable bonds is 4. The lowest BCUT2D eigenvalue weighted by Crippen LogP contribution is -2.43. The molecule has 1 aliphatic heterocycles. The lowest BCUT2D eigenvalue weighted by atomic mass is 10.1. The van der Waals surface area contributed by atoms with Crippen LogP contribution in [0.2, 0.25) is 0 Å². The Hall–Kier alpha value is -3.32. The van der Waals surface area contributed by atoms with Crippen molar-refractivity contribution in [3.63, 3.8) is 0 Å². The fourth-order valence-electron chi connectivity index (χ4n) is 3.54. The zero-order valence-electron chi connectivity index (χ0n) is 15.9. The van der Waals surface area contributed by atoms with Gasteiger partial charge in [-0.1, -0.05) is 30.3 Å². The van der Waals surface area contributed by atoms with Crippen LogP contribution in [0.25, 0.3) is 11.3 Å². The molecule has 1 fully saturated rings. The normalized spacial score (nSPS) is 16.5. The molecular formula is C22H22FN5O. The summed E-state index contributed by atoms with van der Waals surface area (Å²) in [6.07, 6.45) is 5.18. The minimum atomic E-state index is -0.674. The minimum absolute atomic E-state index is 0.0853. The summed E-state index contributed by atoms with van der Waals surface area (Å²) in [7, 11) is 0. The molecular weight excluding hydrogens is 369 g/mol. The number of carbonyl (C=O) groups is 1. The number of aromatic nitrogens is 2. The molecule has 0 spiro atoms. The molecule has 2 aromatic heterocycles. The van der Waals surface area contributed by atoms with E-state index in [2.05, 4.69) is 20.2 Å². The number of benzene rings is 1. The molecule has 6 nitrogen and oxygen atoms in total. The zero-order chi connectivity index (χ0) is 20.2. The van der Waals surface area contributed by atoms with Gasteiger partial charge >= 0.3 is 0 Å². The van der Waals surface area contributed by atoms with E-state index in [0.717, 1.165) is 30.6 Å². The van der Waals surface area contributed by atoms with Gasteiger partial charge in [-0.2, -0.15) is 0 Å². The Balaban J connectivity index is 1.61. The van der Waals surface area contributed by atoms with Gasteiger partial charge in [0.1, 0.15) is 0 Å². The van der Waals surface area contributed by atoms with Gasteiger partial charge in [-0.05, 0) is 31.0 Å². The van der Waals surface area contributed by atoms with Gasteiger partial charge in [0, 0.05) is 30.9 Å². The predicted octanol–water partition coefficient (Wildman–Crippen LogP) is 3.46. The van der Waals surface area contributed by atoms with Crippen LogP contribution in [-0.4, -0.2) is 35.0 Å². The SMILES string of the molecule is N[C@H]1CCCN(c2ccncc2NC(=O)c2nc(-c3ccccc3)ccc2F)C1. The number of amides is 1. The number of nitrogens with zero attached hydrogens (tertiary/aromatic N) is 3. The lowest BCUT2D eigenvalue weighted by molar-refractivity contribution is 0.101. The van der Waals surface area contributed by atoms with Gasteiger partial charge < -0.3 is 16.0 Å². The van der Waals surface area contributed by atoms with E-state index in [0.29, 0.717) is 17.9 Å². The molecule has 1 amide bonds. The van der Waals surface area contributed by atoms with Crippen LogP contribution in [0, 0.1) is 5.82 Å². The van der Waals surface area contributed by atoms with Crippen LogP contribution in [0.3, 0.4) is 0 Å². The first-order chi connectivity index (χ1) is 14.1. The summed E-state index contributed by atoms with van der Waals surface area (Å²) >= 11 is 0. The van der Waals surface area contributed by atoms with Crippen LogP contribution in [-0.2, 0) is 0 Å². The van der Waals surface area contributed by atoms with Crippen molar-refractivity contribution in [2.45, 2.75) is 18.9 Å². The molecule has 0 radical (unpaired) electrons. The summed E-state index contributed by atoms with van der Waals surface area (Å²) in [4.78, 5) is 23.3. The third-order valence-electron chi connectivity index (χ3n) is 4.98. The highest BCUT2D eigenvalue weighted by atomic mass is 19.1. The number of carbonyl (C=O) groups excluding carboxylic acids is 1. The molecule has 3 heterocycles. The zero-order valence-corrected chi connectivity index (χ0v) is 15.9. The molecule has 7 heteroatoms. The Morgan fingerprint density at radius 1 is 1.17 bits per heavy atom. The summed E-state index contributed by atoms with van der Waals surface area (Å²) in [5.74, 6) is -1.29.